The van der Waals surface area contributed by atoms with Gasteiger partial charge in [-0.25, -0.2) is 0 Å². The highest BCUT2D eigenvalue weighted by Crippen LogP contribution is 2.58. The molecule has 5 nitrogen and oxygen atoms in total. The zero-order valence-corrected chi connectivity index (χ0v) is 13.8. The molecule has 3 aliphatic rings. The van der Waals surface area contributed by atoms with Gasteiger partial charge in [-0.15, -0.1) is 10.2 Å². The lowest BCUT2D eigenvalue weighted by Gasteiger charge is -2.16. The molecule has 3 heterocycles. The van der Waals surface area contributed by atoms with Gasteiger partial charge < -0.3 is 14.4 Å². The van der Waals surface area contributed by atoms with Gasteiger partial charge in [-0.3, -0.25) is 0 Å². The van der Waals surface area contributed by atoms with Gasteiger partial charge in [-0.1, -0.05) is 23.2 Å². The predicted octanol–water partition coefficient (Wildman–Crippen LogP) is 2.92. The quantitative estimate of drug-likeness (QED) is 0.903. The number of rotatable bonds is 2. The van der Waals surface area contributed by atoms with Gasteiger partial charge in [0.2, 0.25) is 0 Å². The van der Waals surface area contributed by atoms with Gasteiger partial charge in [0.15, 0.2) is 0 Å². The molecule has 0 bridgehead atoms. The molecule has 3 atom stereocenters. The summed E-state index contributed by atoms with van der Waals surface area (Å²) in [6, 6.07) is 3.22. The molecule has 1 saturated heterocycles. The topological polar surface area (TPSA) is 60.2 Å². The molecule has 0 amide bonds. The maximum atomic E-state index is 10.2. The van der Waals surface area contributed by atoms with E-state index in [4.69, 9.17) is 27.9 Å². The lowest BCUT2D eigenvalue weighted by molar-refractivity contribution is 0.158. The molecule has 5 rings (SSSR count). The van der Waals surface area contributed by atoms with Crippen LogP contribution in [0.1, 0.15) is 29.6 Å². The fourth-order valence-electron chi connectivity index (χ4n) is 4.19. The molecule has 1 aliphatic carbocycles. The van der Waals surface area contributed by atoms with Crippen LogP contribution >= 0.6 is 23.2 Å². The first kappa shape index (κ1) is 14.1. The molecule has 7 heteroatoms. The summed E-state index contributed by atoms with van der Waals surface area (Å²) >= 11 is 12.5. The lowest BCUT2D eigenvalue weighted by atomic mass is 9.96. The summed E-state index contributed by atoms with van der Waals surface area (Å²) in [6.07, 6.45) is 1.85. The number of hydrogen-bond donors (Lipinski definition) is 1. The van der Waals surface area contributed by atoms with Crippen molar-refractivity contribution in [1.29, 1.82) is 0 Å². The molecule has 1 unspecified atom stereocenters. The minimum atomic E-state index is 0.0698. The summed E-state index contributed by atoms with van der Waals surface area (Å²) in [5.74, 6) is 2.83. The van der Waals surface area contributed by atoms with Gasteiger partial charge in [0.1, 0.15) is 17.4 Å². The fourth-order valence-corrected chi connectivity index (χ4v) is 4.67. The van der Waals surface area contributed by atoms with E-state index in [2.05, 4.69) is 14.8 Å². The summed E-state index contributed by atoms with van der Waals surface area (Å²) in [7, 11) is 0. The van der Waals surface area contributed by atoms with Crippen LogP contribution in [0.15, 0.2) is 12.1 Å². The maximum Gasteiger partial charge on any atom is 0.141 e. The van der Waals surface area contributed by atoms with Crippen molar-refractivity contribution in [2.75, 3.05) is 13.2 Å². The Labute approximate surface area is 143 Å². The normalized spacial score (nSPS) is 31.2. The van der Waals surface area contributed by atoms with Gasteiger partial charge in [0.05, 0.1) is 28.7 Å². The average molecular weight is 352 g/mol. The Kier molecular flexibility index (Phi) is 2.83. The van der Waals surface area contributed by atoms with Gasteiger partial charge in [-0.2, -0.15) is 0 Å². The van der Waals surface area contributed by atoms with E-state index in [1.165, 1.54) is 0 Å². The van der Waals surface area contributed by atoms with E-state index < -0.39 is 0 Å². The number of halogens is 2. The van der Waals surface area contributed by atoms with Crippen LogP contribution in [-0.4, -0.2) is 33.1 Å². The summed E-state index contributed by atoms with van der Waals surface area (Å²) in [5.41, 5.74) is 0.781. The van der Waals surface area contributed by atoms with Crippen molar-refractivity contribution in [3.8, 4) is 5.75 Å². The van der Waals surface area contributed by atoms with Crippen LogP contribution in [0.25, 0.3) is 0 Å². The van der Waals surface area contributed by atoms with Crippen LogP contribution in [0.4, 0.5) is 0 Å². The van der Waals surface area contributed by atoms with E-state index in [1.54, 1.807) is 12.1 Å². The van der Waals surface area contributed by atoms with Crippen molar-refractivity contribution in [2.24, 2.45) is 5.92 Å². The molecular weight excluding hydrogens is 337 g/mol. The number of nitrogens with zero attached hydrogens (tertiary/aromatic N) is 3. The molecule has 2 aliphatic heterocycles. The van der Waals surface area contributed by atoms with Crippen LogP contribution in [0.5, 0.6) is 5.75 Å². The SMILES string of the molecule is Oc1ccc(Cl)c(Cl)c1[C@@H]1Cc2nnc([C@@]34COCC3C4)n2C1. The highest BCUT2D eigenvalue weighted by molar-refractivity contribution is 6.42. The van der Waals surface area contributed by atoms with Gasteiger partial charge in [0, 0.05) is 24.4 Å². The van der Waals surface area contributed by atoms with Crippen LogP contribution in [0, 0.1) is 5.92 Å². The molecule has 0 radical (unpaired) electrons. The second kappa shape index (κ2) is 4.62. The minimum Gasteiger partial charge on any atom is -0.508 e. The molecule has 2 aromatic rings. The Morgan fingerprint density at radius 2 is 2.17 bits per heavy atom. The number of phenolic OH excluding ortho intramolecular Hbond substituents is 1. The lowest BCUT2D eigenvalue weighted by Crippen LogP contribution is -2.19. The van der Waals surface area contributed by atoms with E-state index >= 15 is 0 Å². The average Bonchev–Trinajstić information content (AvgIpc) is 2.88. The zero-order chi connectivity index (χ0) is 15.8. The van der Waals surface area contributed by atoms with Crippen LogP contribution in [-0.2, 0) is 23.1 Å². The maximum absolute atomic E-state index is 10.2. The Balaban J connectivity index is 1.52. The standard InChI is InChI=1S/C16H15Cl2N3O2/c17-10-1-2-11(22)13(14(10)18)8-3-12-19-20-15(21(12)5-8)16-4-9(16)6-23-7-16/h1-2,8-9,22H,3-7H2/t8-,9?,16+/m1/s1. The van der Waals surface area contributed by atoms with Crippen LogP contribution in [0.3, 0.4) is 0 Å². The first-order chi connectivity index (χ1) is 11.1. The van der Waals surface area contributed by atoms with E-state index in [0.717, 1.165) is 37.8 Å². The van der Waals surface area contributed by atoms with Crippen LogP contribution < -0.4 is 0 Å². The molecule has 0 spiro atoms. The Hall–Kier alpha value is -1.30. The molecular formula is C16H15Cl2N3O2. The van der Waals surface area contributed by atoms with Crippen LogP contribution in [0.2, 0.25) is 10.0 Å². The second-order valence-electron chi connectivity index (χ2n) is 6.82. The molecule has 1 aromatic carbocycles. The number of phenols is 1. The third-order valence-electron chi connectivity index (χ3n) is 5.53. The molecule has 1 saturated carbocycles. The Morgan fingerprint density at radius 1 is 1.30 bits per heavy atom. The summed E-state index contributed by atoms with van der Waals surface area (Å²) in [4.78, 5) is 0. The van der Waals surface area contributed by atoms with E-state index in [9.17, 15) is 5.11 Å². The van der Waals surface area contributed by atoms with Crippen molar-refractivity contribution < 1.29 is 9.84 Å². The first-order valence-corrected chi connectivity index (χ1v) is 8.53. The van der Waals surface area contributed by atoms with Crippen molar-refractivity contribution >= 4 is 23.2 Å². The Morgan fingerprint density at radius 3 is 2.91 bits per heavy atom. The van der Waals surface area contributed by atoms with Crippen molar-refractivity contribution in [2.45, 2.75) is 30.7 Å². The second-order valence-corrected chi connectivity index (χ2v) is 7.60. The summed E-state index contributed by atoms with van der Waals surface area (Å²) < 4.78 is 7.79. The number of aromatic nitrogens is 3. The van der Waals surface area contributed by atoms with Gasteiger partial charge >= 0.3 is 0 Å². The highest BCUT2D eigenvalue weighted by Gasteiger charge is 2.62. The van der Waals surface area contributed by atoms with E-state index in [0.29, 0.717) is 27.9 Å². The number of ether oxygens (including phenoxy) is 1. The van der Waals surface area contributed by atoms with Crippen molar-refractivity contribution in [3.05, 3.63) is 39.4 Å². The van der Waals surface area contributed by atoms with E-state index in [-0.39, 0.29) is 17.1 Å². The van der Waals surface area contributed by atoms with E-state index in [1.807, 2.05) is 0 Å². The minimum absolute atomic E-state index is 0.0698. The smallest absolute Gasteiger partial charge is 0.141 e. The Bertz CT molecular complexity index is 822. The molecule has 2 fully saturated rings. The van der Waals surface area contributed by atoms with Gasteiger partial charge in [0.25, 0.3) is 0 Å². The first-order valence-electron chi connectivity index (χ1n) is 7.77. The largest absolute Gasteiger partial charge is 0.508 e. The molecule has 1 N–H and O–H groups in total. The van der Waals surface area contributed by atoms with Gasteiger partial charge in [-0.05, 0) is 24.5 Å². The monoisotopic (exact) mass is 351 g/mol. The summed E-state index contributed by atoms with van der Waals surface area (Å²) in [5, 5.41) is 19.9. The van der Waals surface area contributed by atoms with Crippen molar-refractivity contribution in [1.82, 2.24) is 14.8 Å². The highest BCUT2D eigenvalue weighted by atomic mass is 35.5. The summed E-state index contributed by atoms with van der Waals surface area (Å²) in [6.45, 7) is 2.29. The number of benzene rings is 1. The molecule has 120 valence electrons. The predicted molar refractivity (Wildman–Crippen MR) is 85.2 cm³/mol. The third-order valence-corrected chi connectivity index (χ3v) is 6.35. The third kappa shape index (κ3) is 1.84. The molecule has 23 heavy (non-hydrogen) atoms. The van der Waals surface area contributed by atoms with Crippen molar-refractivity contribution in [3.63, 3.8) is 0 Å². The molecule has 1 aromatic heterocycles. The fraction of sp³-hybridized carbons (Fsp3) is 0.500. The number of aromatic hydroxyl groups is 1. The zero-order valence-electron chi connectivity index (χ0n) is 12.3. The number of hydrogen-bond acceptors (Lipinski definition) is 4. The number of fused-ring (bicyclic) bond motifs is 2.